The molecule has 5 N–H and O–H groups in total. The maximum absolute atomic E-state index is 12.1. The van der Waals surface area contributed by atoms with Crippen molar-refractivity contribution in [3.05, 3.63) is 0 Å². The molecule has 0 aromatic carbocycles. The fraction of sp³-hybridized carbons (Fsp3) is 0.667. The fourth-order valence-electron chi connectivity index (χ4n) is 0.639. The number of nitrogens with two attached hydrogens (primary N) is 2. The van der Waals surface area contributed by atoms with E-state index < -0.39 is 36.7 Å². The van der Waals surface area contributed by atoms with Crippen molar-refractivity contribution < 1.29 is 23.5 Å². The third-order valence-electron chi connectivity index (χ3n) is 1.57. The Labute approximate surface area is 72.7 Å². The van der Waals surface area contributed by atoms with Crippen molar-refractivity contribution >= 4 is 11.9 Å². The van der Waals surface area contributed by atoms with Crippen LogP contribution >= 0.6 is 0 Å². The van der Waals surface area contributed by atoms with Gasteiger partial charge in [0.2, 0.25) is 5.91 Å². The quantitative estimate of drug-likeness (QED) is 0.540. The number of carboxylic acid groups (broad SMARTS) is 1. The summed E-state index contributed by atoms with van der Waals surface area (Å²) in [4.78, 5) is 20.5. The van der Waals surface area contributed by atoms with Gasteiger partial charge in [0.05, 0.1) is 0 Å². The van der Waals surface area contributed by atoms with Crippen LogP contribution in [0.2, 0.25) is 0 Å². The van der Waals surface area contributed by atoms with Crippen LogP contribution in [0.25, 0.3) is 0 Å². The van der Waals surface area contributed by atoms with Crippen LogP contribution in [0, 0.1) is 0 Å². The maximum atomic E-state index is 12.1. The molecule has 0 heterocycles. The number of carboxylic acids is 1. The lowest BCUT2D eigenvalue weighted by Gasteiger charge is -2.22. The molecule has 0 unspecified atom stereocenters. The van der Waals surface area contributed by atoms with Gasteiger partial charge in [0.1, 0.15) is 0 Å². The lowest BCUT2D eigenvalue weighted by molar-refractivity contribution is -0.150. The summed E-state index contributed by atoms with van der Waals surface area (Å²) in [5.41, 5.74) is 6.86. The predicted octanol–water partition coefficient (Wildman–Crippen LogP) is -0.701. The highest BCUT2D eigenvalue weighted by atomic mass is 19.3. The van der Waals surface area contributed by atoms with Gasteiger partial charge >= 0.3 is 5.97 Å². The maximum Gasteiger partial charge on any atom is 0.329 e. The molecule has 76 valence electrons. The van der Waals surface area contributed by atoms with Crippen molar-refractivity contribution in [1.82, 2.24) is 0 Å². The number of hydrogen-bond donors (Lipinski definition) is 3. The minimum absolute atomic E-state index is 0.479. The second-order valence-electron chi connectivity index (χ2n) is 2.61. The Morgan fingerprint density at radius 1 is 1.46 bits per heavy atom. The van der Waals surface area contributed by atoms with Crippen LogP contribution in [-0.2, 0) is 9.59 Å². The molecule has 7 heteroatoms. The summed E-state index contributed by atoms with van der Waals surface area (Å²) in [7, 11) is 0. The van der Waals surface area contributed by atoms with E-state index in [0.717, 1.165) is 0 Å². The Balaban J connectivity index is 4.43. The third-order valence-corrected chi connectivity index (χ3v) is 1.57. The highest BCUT2D eigenvalue weighted by molar-refractivity contribution is 5.81. The molecule has 0 aromatic heterocycles. The summed E-state index contributed by atoms with van der Waals surface area (Å²) < 4.78 is 24.3. The summed E-state index contributed by atoms with van der Waals surface area (Å²) in [5.74, 6) is -2.71. The topological polar surface area (TPSA) is 106 Å². The van der Waals surface area contributed by atoms with E-state index in [-0.39, 0.29) is 0 Å². The van der Waals surface area contributed by atoms with Gasteiger partial charge in [0.15, 0.2) is 5.54 Å². The number of alkyl halides is 2. The van der Waals surface area contributed by atoms with Gasteiger partial charge in [0, 0.05) is 6.42 Å². The zero-order chi connectivity index (χ0) is 10.6. The summed E-state index contributed by atoms with van der Waals surface area (Å²) in [6, 6.07) is 0. The van der Waals surface area contributed by atoms with E-state index in [2.05, 4.69) is 5.73 Å². The first-order valence-corrected chi connectivity index (χ1v) is 3.39. The lowest BCUT2D eigenvalue weighted by atomic mass is 9.95. The molecule has 0 radical (unpaired) electrons. The lowest BCUT2D eigenvalue weighted by Crippen LogP contribution is -2.54. The van der Waals surface area contributed by atoms with E-state index in [1.807, 2.05) is 0 Å². The molecule has 0 aromatic rings. The van der Waals surface area contributed by atoms with E-state index in [1.54, 1.807) is 0 Å². The Kier molecular flexibility index (Phi) is 3.73. The first-order valence-electron chi connectivity index (χ1n) is 3.39. The minimum Gasteiger partial charge on any atom is -0.480 e. The van der Waals surface area contributed by atoms with Gasteiger partial charge in [-0.25, -0.2) is 13.6 Å². The van der Waals surface area contributed by atoms with Gasteiger partial charge in [-0.15, -0.1) is 0 Å². The molecule has 0 spiro atoms. The Morgan fingerprint density at radius 3 is 2.15 bits per heavy atom. The van der Waals surface area contributed by atoms with Crippen molar-refractivity contribution in [2.45, 2.75) is 24.8 Å². The largest absolute Gasteiger partial charge is 0.480 e. The van der Waals surface area contributed by atoms with Gasteiger partial charge in [-0.1, -0.05) is 0 Å². The van der Waals surface area contributed by atoms with Crippen LogP contribution in [0.5, 0.6) is 0 Å². The summed E-state index contributed by atoms with van der Waals surface area (Å²) in [5, 5.41) is 8.36. The Morgan fingerprint density at radius 2 is 1.92 bits per heavy atom. The third kappa shape index (κ3) is 2.94. The number of rotatable bonds is 5. The van der Waals surface area contributed by atoms with Gasteiger partial charge in [-0.3, -0.25) is 4.79 Å². The first-order chi connectivity index (χ1) is 5.80. The molecule has 0 rings (SSSR count). The second kappa shape index (κ2) is 4.13. The van der Waals surface area contributed by atoms with Gasteiger partial charge in [0.25, 0.3) is 6.43 Å². The van der Waals surface area contributed by atoms with Crippen LogP contribution in [0.15, 0.2) is 0 Å². The molecule has 1 amide bonds. The van der Waals surface area contributed by atoms with Crippen LogP contribution < -0.4 is 11.5 Å². The van der Waals surface area contributed by atoms with Crippen molar-refractivity contribution in [2.24, 2.45) is 11.5 Å². The van der Waals surface area contributed by atoms with E-state index in [9.17, 15) is 18.4 Å². The number of halogens is 2. The molecule has 0 aliphatic heterocycles. The van der Waals surface area contributed by atoms with E-state index >= 15 is 0 Å². The van der Waals surface area contributed by atoms with Crippen molar-refractivity contribution in [3.63, 3.8) is 0 Å². The molecular weight excluding hydrogens is 186 g/mol. The number of carbonyl (C=O) groups is 2. The second-order valence-corrected chi connectivity index (χ2v) is 2.61. The minimum atomic E-state index is -3.23. The highest BCUT2D eigenvalue weighted by Crippen LogP contribution is 2.19. The Bertz CT molecular complexity index is 222. The van der Waals surface area contributed by atoms with Crippen molar-refractivity contribution in [3.8, 4) is 0 Å². The standard InChI is InChI=1S/C6H10F2N2O3/c7-4(8)6(10,5(12)13)2-1-3(9)11/h4H,1-2,10H2,(H2,9,11)(H,12,13)/t6-/m1/s1. The molecule has 0 fully saturated rings. The van der Waals surface area contributed by atoms with Crippen LogP contribution in [-0.4, -0.2) is 28.9 Å². The molecule has 0 saturated heterocycles. The first kappa shape index (κ1) is 11.8. The van der Waals surface area contributed by atoms with Crippen LogP contribution in [0.4, 0.5) is 8.78 Å². The number of carbonyl (C=O) groups excluding carboxylic acids is 1. The normalized spacial score (nSPS) is 15.4. The van der Waals surface area contributed by atoms with E-state index in [4.69, 9.17) is 10.8 Å². The van der Waals surface area contributed by atoms with Crippen molar-refractivity contribution in [2.75, 3.05) is 0 Å². The highest BCUT2D eigenvalue weighted by Gasteiger charge is 2.43. The molecule has 0 aliphatic carbocycles. The average molecular weight is 196 g/mol. The Hall–Kier alpha value is -1.24. The molecular formula is C6H10F2N2O3. The molecule has 0 aliphatic rings. The number of hydrogen-bond acceptors (Lipinski definition) is 3. The summed E-state index contributed by atoms with van der Waals surface area (Å²) >= 11 is 0. The monoisotopic (exact) mass is 196 g/mol. The average Bonchev–Trinajstić information content (AvgIpc) is 1.99. The van der Waals surface area contributed by atoms with Gasteiger partial charge < -0.3 is 16.6 Å². The van der Waals surface area contributed by atoms with E-state index in [1.165, 1.54) is 0 Å². The van der Waals surface area contributed by atoms with Gasteiger partial charge in [-0.2, -0.15) is 0 Å². The SMILES string of the molecule is NC(=O)CC[C@](N)(C(=O)O)C(F)F. The number of primary amides is 1. The zero-order valence-electron chi connectivity index (χ0n) is 6.67. The molecule has 0 saturated carbocycles. The predicted molar refractivity (Wildman–Crippen MR) is 39.0 cm³/mol. The molecule has 1 atom stereocenters. The summed E-state index contributed by atoms with van der Waals surface area (Å²) in [6.45, 7) is 0. The smallest absolute Gasteiger partial charge is 0.329 e. The fourth-order valence-corrected chi connectivity index (χ4v) is 0.639. The summed E-state index contributed by atoms with van der Waals surface area (Å²) in [6.07, 6.45) is -4.38. The number of aliphatic carboxylic acids is 1. The van der Waals surface area contributed by atoms with Gasteiger partial charge in [-0.05, 0) is 6.42 Å². The van der Waals surface area contributed by atoms with E-state index in [0.29, 0.717) is 0 Å². The van der Waals surface area contributed by atoms with Crippen molar-refractivity contribution in [1.29, 1.82) is 0 Å². The molecule has 13 heavy (non-hydrogen) atoms. The van der Waals surface area contributed by atoms with Crippen LogP contribution in [0.3, 0.4) is 0 Å². The van der Waals surface area contributed by atoms with Crippen LogP contribution in [0.1, 0.15) is 12.8 Å². The zero-order valence-corrected chi connectivity index (χ0v) is 6.67. The molecule has 0 bridgehead atoms. The number of amides is 1. The molecule has 5 nitrogen and oxygen atoms in total.